The van der Waals surface area contributed by atoms with Gasteiger partial charge >= 0.3 is 0 Å². The third kappa shape index (κ3) is 2.25. The first-order valence-electron chi connectivity index (χ1n) is 4.97. The molecule has 0 unspecified atom stereocenters. The minimum atomic E-state index is 0.828. The number of hydrogen-bond donors (Lipinski definition) is 1. The molecule has 2 aromatic rings. The summed E-state index contributed by atoms with van der Waals surface area (Å²) in [5, 5.41) is 4.28. The second-order valence-corrected chi connectivity index (χ2v) is 4.61. The molecule has 0 atom stereocenters. The fourth-order valence-corrected chi connectivity index (χ4v) is 2.51. The summed E-state index contributed by atoms with van der Waals surface area (Å²) < 4.78 is 0. The Bertz CT molecular complexity index is 434. The second-order valence-electron chi connectivity index (χ2n) is 3.41. The highest BCUT2D eigenvalue weighted by atomic mass is 32.1. The first-order chi connectivity index (χ1) is 7.31. The van der Waals surface area contributed by atoms with Gasteiger partial charge in [0.1, 0.15) is 0 Å². The molecule has 0 aliphatic carbocycles. The van der Waals surface area contributed by atoms with Gasteiger partial charge in [0.25, 0.3) is 0 Å². The first kappa shape index (κ1) is 10.3. The van der Waals surface area contributed by atoms with E-state index in [0.29, 0.717) is 0 Å². The number of hydrogen-bond acceptors (Lipinski definition) is 3. The van der Waals surface area contributed by atoms with Crippen molar-refractivity contribution >= 4 is 11.3 Å². The molecule has 0 fully saturated rings. The summed E-state index contributed by atoms with van der Waals surface area (Å²) in [4.78, 5) is 5.81. The molecule has 2 rings (SSSR count). The first-order valence-corrected chi connectivity index (χ1v) is 5.79. The number of nitrogens with zero attached hydrogens (tertiary/aromatic N) is 1. The van der Waals surface area contributed by atoms with Gasteiger partial charge in [0.2, 0.25) is 0 Å². The van der Waals surface area contributed by atoms with E-state index < -0.39 is 0 Å². The SMILES string of the molecule is CNCc1nc(C)sc1-c1ccccc1. The highest BCUT2D eigenvalue weighted by molar-refractivity contribution is 7.15. The Kier molecular flexibility index (Phi) is 3.14. The highest BCUT2D eigenvalue weighted by Gasteiger charge is 2.09. The van der Waals surface area contributed by atoms with Gasteiger partial charge in [0.05, 0.1) is 15.6 Å². The topological polar surface area (TPSA) is 24.9 Å². The fourth-order valence-electron chi connectivity index (χ4n) is 1.57. The van der Waals surface area contributed by atoms with Gasteiger partial charge in [-0.25, -0.2) is 4.98 Å². The molecule has 1 aromatic carbocycles. The molecule has 0 bridgehead atoms. The van der Waals surface area contributed by atoms with Crippen molar-refractivity contribution in [3.05, 3.63) is 41.0 Å². The third-order valence-electron chi connectivity index (χ3n) is 2.18. The smallest absolute Gasteiger partial charge is 0.0904 e. The van der Waals surface area contributed by atoms with Crippen molar-refractivity contribution in [1.82, 2.24) is 10.3 Å². The van der Waals surface area contributed by atoms with E-state index in [1.807, 2.05) is 13.1 Å². The lowest BCUT2D eigenvalue weighted by atomic mass is 10.1. The molecule has 0 amide bonds. The van der Waals surface area contributed by atoms with Crippen LogP contribution in [0.4, 0.5) is 0 Å². The van der Waals surface area contributed by atoms with Crippen molar-refractivity contribution in [2.45, 2.75) is 13.5 Å². The Morgan fingerprint density at radius 2 is 2.00 bits per heavy atom. The molecule has 0 spiro atoms. The monoisotopic (exact) mass is 218 g/mol. The van der Waals surface area contributed by atoms with Gasteiger partial charge in [-0.2, -0.15) is 0 Å². The molecule has 0 radical (unpaired) electrons. The average Bonchev–Trinajstić information content (AvgIpc) is 2.62. The van der Waals surface area contributed by atoms with E-state index in [9.17, 15) is 0 Å². The molecule has 15 heavy (non-hydrogen) atoms. The molecule has 0 aliphatic heterocycles. The van der Waals surface area contributed by atoms with Crippen molar-refractivity contribution in [2.75, 3.05) is 7.05 Å². The molecule has 78 valence electrons. The number of benzene rings is 1. The normalized spacial score (nSPS) is 10.5. The van der Waals surface area contributed by atoms with Gasteiger partial charge in [-0.05, 0) is 19.5 Å². The van der Waals surface area contributed by atoms with Crippen LogP contribution in [0.1, 0.15) is 10.7 Å². The van der Waals surface area contributed by atoms with E-state index in [2.05, 4.69) is 41.5 Å². The molecule has 0 aliphatic rings. The van der Waals surface area contributed by atoms with Crippen LogP contribution in [0.25, 0.3) is 10.4 Å². The van der Waals surface area contributed by atoms with Gasteiger partial charge < -0.3 is 5.32 Å². The molecule has 3 heteroatoms. The number of nitrogens with one attached hydrogen (secondary N) is 1. The van der Waals surface area contributed by atoms with Crippen molar-refractivity contribution in [3.8, 4) is 10.4 Å². The minimum Gasteiger partial charge on any atom is -0.314 e. The summed E-state index contributed by atoms with van der Waals surface area (Å²) in [5.41, 5.74) is 2.40. The summed E-state index contributed by atoms with van der Waals surface area (Å²) in [5.74, 6) is 0. The Labute approximate surface area is 94.0 Å². The molecular weight excluding hydrogens is 204 g/mol. The largest absolute Gasteiger partial charge is 0.314 e. The lowest BCUT2D eigenvalue weighted by Crippen LogP contribution is -2.06. The second kappa shape index (κ2) is 4.55. The Balaban J connectivity index is 2.43. The van der Waals surface area contributed by atoms with E-state index in [4.69, 9.17) is 0 Å². The van der Waals surface area contributed by atoms with Crippen LogP contribution in [-0.2, 0) is 6.54 Å². The van der Waals surface area contributed by atoms with Crippen molar-refractivity contribution < 1.29 is 0 Å². The molecule has 0 saturated heterocycles. The standard InChI is InChI=1S/C12H14N2S/c1-9-14-11(8-13-2)12(15-9)10-6-4-3-5-7-10/h3-7,13H,8H2,1-2H3. The third-order valence-corrected chi connectivity index (χ3v) is 3.25. The maximum Gasteiger partial charge on any atom is 0.0904 e. The zero-order valence-electron chi connectivity index (χ0n) is 8.95. The highest BCUT2D eigenvalue weighted by Crippen LogP contribution is 2.29. The van der Waals surface area contributed by atoms with Gasteiger partial charge in [-0.15, -0.1) is 11.3 Å². The fraction of sp³-hybridized carbons (Fsp3) is 0.250. The van der Waals surface area contributed by atoms with E-state index in [-0.39, 0.29) is 0 Å². The van der Waals surface area contributed by atoms with Crippen molar-refractivity contribution in [2.24, 2.45) is 0 Å². The summed E-state index contributed by atoms with van der Waals surface area (Å²) >= 11 is 1.76. The van der Waals surface area contributed by atoms with Gasteiger partial charge in [0.15, 0.2) is 0 Å². The number of rotatable bonds is 3. The van der Waals surface area contributed by atoms with Crippen LogP contribution >= 0.6 is 11.3 Å². The molecule has 2 nitrogen and oxygen atoms in total. The summed E-state index contributed by atoms with van der Waals surface area (Å²) in [6, 6.07) is 10.4. The number of aryl methyl sites for hydroxylation is 1. The lowest BCUT2D eigenvalue weighted by Gasteiger charge is -2.00. The van der Waals surface area contributed by atoms with Crippen LogP contribution in [0, 0.1) is 6.92 Å². The van der Waals surface area contributed by atoms with E-state index in [1.165, 1.54) is 10.4 Å². The number of aromatic nitrogens is 1. The van der Waals surface area contributed by atoms with E-state index in [1.54, 1.807) is 11.3 Å². The molecule has 0 saturated carbocycles. The molecule has 1 heterocycles. The van der Waals surface area contributed by atoms with E-state index >= 15 is 0 Å². The average molecular weight is 218 g/mol. The summed E-state index contributed by atoms with van der Waals surface area (Å²) in [7, 11) is 1.95. The maximum atomic E-state index is 4.53. The predicted molar refractivity (Wildman–Crippen MR) is 65.1 cm³/mol. The zero-order valence-corrected chi connectivity index (χ0v) is 9.77. The summed E-state index contributed by atoms with van der Waals surface area (Å²) in [6.45, 7) is 2.88. The van der Waals surface area contributed by atoms with Crippen molar-refractivity contribution in [1.29, 1.82) is 0 Å². The quantitative estimate of drug-likeness (QED) is 0.857. The van der Waals surface area contributed by atoms with Gasteiger partial charge in [-0.3, -0.25) is 0 Å². The van der Waals surface area contributed by atoms with Gasteiger partial charge in [0, 0.05) is 6.54 Å². The van der Waals surface area contributed by atoms with Crippen LogP contribution in [0.3, 0.4) is 0 Å². The molecule has 1 aromatic heterocycles. The Morgan fingerprint density at radius 3 is 2.67 bits per heavy atom. The lowest BCUT2D eigenvalue weighted by molar-refractivity contribution is 0.796. The Hall–Kier alpha value is -1.19. The van der Waals surface area contributed by atoms with Crippen LogP contribution in [0.15, 0.2) is 30.3 Å². The van der Waals surface area contributed by atoms with Crippen LogP contribution in [-0.4, -0.2) is 12.0 Å². The number of thiazole rings is 1. The van der Waals surface area contributed by atoms with Crippen molar-refractivity contribution in [3.63, 3.8) is 0 Å². The van der Waals surface area contributed by atoms with Crippen LogP contribution in [0.2, 0.25) is 0 Å². The molecular formula is C12H14N2S. The Morgan fingerprint density at radius 1 is 1.27 bits per heavy atom. The zero-order chi connectivity index (χ0) is 10.7. The maximum absolute atomic E-state index is 4.53. The molecule has 1 N–H and O–H groups in total. The van der Waals surface area contributed by atoms with Crippen LogP contribution < -0.4 is 5.32 Å². The van der Waals surface area contributed by atoms with E-state index in [0.717, 1.165) is 17.2 Å². The summed E-state index contributed by atoms with van der Waals surface area (Å²) in [6.07, 6.45) is 0. The van der Waals surface area contributed by atoms with Crippen LogP contribution in [0.5, 0.6) is 0 Å². The predicted octanol–water partition coefficient (Wildman–Crippen LogP) is 2.84. The minimum absolute atomic E-state index is 0.828. The van der Waals surface area contributed by atoms with Gasteiger partial charge in [-0.1, -0.05) is 30.3 Å².